The van der Waals surface area contributed by atoms with Crippen molar-refractivity contribution in [2.24, 2.45) is 0 Å². The molecule has 134 valence electrons. The predicted octanol–water partition coefficient (Wildman–Crippen LogP) is 6.12. The van der Waals surface area contributed by atoms with Gasteiger partial charge in [-0.3, -0.25) is 4.79 Å². The van der Waals surface area contributed by atoms with Gasteiger partial charge in [0.25, 0.3) is 5.24 Å². The molecule has 1 atom stereocenters. The van der Waals surface area contributed by atoms with E-state index in [1.807, 2.05) is 18.2 Å². The van der Waals surface area contributed by atoms with Crippen LogP contribution in [0.5, 0.6) is 5.75 Å². The van der Waals surface area contributed by atoms with Crippen LogP contribution in [0.1, 0.15) is 60.0 Å². The van der Waals surface area contributed by atoms with E-state index in [0.29, 0.717) is 17.2 Å². The monoisotopic (exact) mass is 362 g/mol. The van der Waals surface area contributed by atoms with E-state index in [9.17, 15) is 9.18 Å². The number of carbonyl (C=O) groups is 1. The average molecular weight is 363 g/mol. The van der Waals surface area contributed by atoms with Gasteiger partial charge in [-0.25, -0.2) is 4.39 Å². The lowest BCUT2D eigenvalue weighted by molar-refractivity contribution is 0.108. The highest BCUT2D eigenvalue weighted by Gasteiger charge is 2.14. The van der Waals surface area contributed by atoms with Gasteiger partial charge in [-0.1, -0.05) is 25.5 Å². The van der Waals surface area contributed by atoms with E-state index < -0.39 is 5.24 Å². The van der Waals surface area contributed by atoms with Crippen molar-refractivity contribution in [3.05, 3.63) is 65.0 Å². The van der Waals surface area contributed by atoms with Gasteiger partial charge in [-0.15, -0.1) is 0 Å². The van der Waals surface area contributed by atoms with Gasteiger partial charge in [0, 0.05) is 5.56 Å². The van der Waals surface area contributed by atoms with Crippen LogP contribution >= 0.6 is 11.6 Å². The molecule has 0 aliphatic rings. The molecule has 0 N–H and O–H groups in total. The van der Waals surface area contributed by atoms with E-state index in [4.69, 9.17) is 16.3 Å². The maximum Gasteiger partial charge on any atom is 0.252 e. The third-order valence-corrected chi connectivity index (χ3v) is 4.73. The number of carbonyl (C=O) groups excluding carboxylic acids is 1. The summed E-state index contributed by atoms with van der Waals surface area (Å²) in [7, 11) is 1.58. The molecule has 1 unspecified atom stereocenters. The zero-order chi connectivity index (χ0) is 18.2. The molecule has 0 heterocycles. The van der Waals surface area contributed by atoms with Crippen LogP contribution in [-0.4, -0.2) is 12.4 Å². The summed E-state index contributed by atoms with van der Waals surface area (Å²) in [6.45, 7) is 2.14. The molecule has 0 radical (unpaired) electrons. The fourth-order valence-electron chi connectivity index (χ4n) is 3.11. The predicted molar refractivity (Wildman–Crippen MR) is 100 cm³/mol. The molecule has 0 bridgehead atoms. The molecule has 0 spiro atoms. The fraction of sp³-hybridized carbons (Fsp3) is 0.381. The summed E-state index contributed by atoms with van der Waals surface area (Å²) in [5.74, 6) is 0.815. The first-order chi connectivity index (χ1) is 12.0. The minimum Gasteiger partial charge on any atom is -0.497 e. The third-order valence-electron chi connectivity index (χ3n) is 4.51. The number of hydrogen-bond donors (Lipinski definition) is 0. The minimum atomic E-state index is -0.471. The second-order valence-electron chi connectivity index (χ2n) is 6.25. The molecular weight excluding hydrogens is 339 g/mol. The highest BCUT2D eigenvalue weighted by molar-refractivity contribution is 6.67. The maximum absolute atomic E-state index is 13.2. The molecule has 0 saturated heterocycles. The smallest absolute Gasteiger partial charge is 0.252 e. The van der Waals surface area contributed by atoms with Gasteiger partial charge in [0.1, 0.15) is 11.6 Å². The van der Waals surface area contributed by atoms with E-state index in [0.717, 1.165) is 43.2 Å². The normalized spacial score (nSPS) is 12.0. The van der Waals surface area contributed by atoms with Gasteiger partial charge >= 0.3 is 0 Å². The Kier molecular flexibility index (Phi) is 7.45. The first-order valence-corrected chi connectivity index (χ1v) is 9.04. The lowest BCUT2D eigenvalue weighted by Crippen LogP contribution is -2.02. The van der Waals surface area contributed by atoms with Gasteiger partial charge in [-0.2, -0.15) is 0 Å². The molecule has 4 heteroatoms. The van der Waals surface area contributed by atoms with Crippen LogP contribution < -0.4 is 4.74 Å². The Balaban J connectivity index is 1.97. The van der Waals surface area contributed by atoms with Crippen molar-refractivity contribution in [2.45, 2.75) is 44.9 Å². The van der Waals surface area contributed by atoms with Crippen molar-refractivity contribution in [1.29, 1.82) is 0 Å². The number of aryl methyl sites for hydroxylation is 1. The van der Waals surface area contributed by atoms with Crippen LogP contribution in [0.2, 0.25) is 0 Å². The van der Waals surface area contributed by atoms with E-state index in [1.165, 1.54) is 6.07 Å². The Morgan fingerprint density at radius 1 is 1.20 bits per heavy atom. The largest absolute Gasteiger partial charge is 0.497 e. The van der Waals surface area contributed by atoms with Crippen LogP contribution in [0.4, 0.5) is 4.39 Å². The molecule has 0 fully saturated rings. The van der Waals surface area contributed by atoms with Crippen LogP contribution in [0.15, 0.2) is 42.5 Å². The molecule has 2 nitrogen and oxygen atoms in total. The number of halogens is 2. The molecule has 0 aromatic heterocycles. The summed E-state index contributed by atoms with van der Waals surface area (Å²) >= 11 is 5.63. The van der Waals surface area contributed by atoms with E-state index in [-0.39, 0.29) is 5.82 Å². The quantitative estimate of drug-likeness (QED) is 0.396. The average Bonchev–Trinajstić information content (AvgIpc) is 2.61. The number of unbranched alkanes of at least 4 members (excludes halogenated alkanes) is 1. The van der Waals surface area contributed by atoms with E-state index in [2.05, 4.69) is 6.92 Å². The fourth-order valence-corrected chi connectivity index (χ4v) is 3.22. The van der Waals surface area contributed by atoms with Crippen LogP contribution in [-0.2, 0) is 6.42 Å². The van der Waals surface area contributed by atoms with Gasteiger partial charge in [0.05, 0.1) is 7.11 Å². The number of benzene rings is 2. The highest BCUT2D eigenvalue weighted by atomic mass is 35.5. The Morgan fingerprint density at radius 2 is 2.00 bits per heavy atom. The zero-order valence-electron chi connectivity index (χ0n) is 14.7. The first kappa shape index (κ1) is 19.5. The Morgan fingerprint density at radius 3 is 2.64 bits per heavy atom. The SMILES string of the molecule is CCC(CCCCc1cccc(F)c1)c1cc(OC)cc(C(=O)Cl)c1. The van der Waals surface area contributed by atoms with Gasteiger partial charge in [0.2, 0.25) is 0 Å². The summed E-state index contributed by atoms with van der Waals surface area (Å²) in [5, 5.41) is -0.471. The van der Waals surface area contributed by atoms with Crippen LogP contribution in [0, 0.1) is 5.82 Å². The minimum absolute atomic E-state index is 0.182. The highest BCUT2D eigenvalue weighted by Crippen LogP contribution is 2.30. The third kappa shape index (κ3) is 5.86. The molecule has 0 amide bonds. The molecule has 25 heavy (non-hydrogen) atoms. The van der Waals surface area contributed by atoms with Gasteiger partial charge < -0.3 is 4.74 Å². The van der Waals surface area contributed by atoms with Crippen LogP contribution in [0.3, 0.4) is 0 Å². The molecule has 2 aromatic rings. The molecule has 0 aliphatic carbocycles. The van der Waals surface area contributed by atoms with Crippen molar-refractivity contribution in [1.82, 2.24) is 0 Å². The maximum atomic E-state index is 13.2. The van der Waals surface area contributed by atoms with Gasteiger partial charge in [-0.05, 0) is 84.7 Å². The van der Waals surface area contributed by atoms with E-state index in [1.54, 1.807) is 25.3 Å². The molecule has 2 rings (SSSR count). The summed E-state index contributed by atoms with van der Waals surface area (Å²) < 4.78 is 18.5. The topological polar surface area (TPSA) is 26.3 Å². The molecule has 2 aromatic carbocycles. The lowest BCUT2D eigenvalue weighted by Gasteiger charge is -2.17. The Hall–Kier alpha value is -1.87. The summed E-state index contributed by atoms with van der Waals surface area (Å²) in [5.41, 5.74) is 2.58. The number of ether oxygens (including phenoxy) is 1. The Bertz CT molecular complexity index is 715. The van der Waals surface area contributed by atoms with Gasteiger partial charge in [0.15, 0.2) is 0 Å². The summed E-state index contributed by atoms with van der Waals surface area (Å²) in [4.78, 5) is 11.5. The second kappa shape index (κ2) is 9.57. The number of hydrogen-bond acceptors (Lipinski definition) is 2. The van der Waals surface area contributed by atoms with Crippen molar-refractivity contribution >= 4 is 16.8 Å². The zero-order valence-corrected chi connectivity index (χ0v) is 15.5. The van der Waals surface area contributed by atoms with Crippen molar-refractivity contribution < 1.29 is 13.9 Å². The molecule has 0 saturated carbocycles. The molecular formula is C21H24ClFO2. The summed E-state index contributed by atoms with van der Waals surface area (Å²) in [6, 6.07) is 12.3. The second-order valence-corrected chi connectivity index (χ2v) is 6.59. The van der Waals surface area contributed by atoms with Crippen molar-refractivity contribution in [3.8, 4) is 5.75 Å². The van der Waals surface area contributed by atoms with Crippen molar-refractivity contribution in [3.63, 3.8) is 0 Å². The molecule has 0 aliphatic heterocycles. The summed E-state index contributed by atoms with van der Waals surface area (Å²) in [6.07, 6.45) is 4.90. The number of rotatable bonds is 9. The van der Waals surface area contributed by atoms with E-state index >= 15 is 0 Å². The first-order valence-electron chi connectivity index (χ1n) is 8.66. The number of methoxy groups -OCH3 is 1. The van der Waals surface area contributed by atoms with Crippen LogP contribution in [0.25, 0.3) is 0 Å². The Labute approximate surface area is 154 Å². The standard InChI is InChI=1S/C21H24ClFO2/c1-3-16(9-5-4-7-15-8-6-10-19(23)11-15)17-12-18(21(22)24)14-20(13-17)25-2/h6,8,10-14,16H,3-5,7,9H2,1-2H3. The lowest BCUT2D eigenvalue weighted by atomic mass is 9.89. The van der Waals surface area contributed by atoms with Crippen molar-refractivity contribution in [2.75, 3.05) is 7.11 Å².